The molecule has 5 nitrogen and oxygen atoms in total. The molecule has 0 saturated carbocycles. The summed E-state index contributed by atoms with van der Waals surface area (Å²) in [6.45, 7) is 3.01. The standard InChI is InChI=1S/C21H24ClN3O2/c1-26-20-8-3-6-18(14-23-9-4-11-25-12-10-24-16-25)21(20)27-15-17-5-2-7-19(22)13-17/h2-3,5-8,10,12-13,16,23H,4,9,11,14-15H2,1H3. The summed E-state index contributed by atoms with van der Waals surface area (Å²) in [5.74, 6) is 1.50. The smallest absolute Gasteiger partial charge is 0.166 e. The third-order valence-electron chi connectivity index (χ3n) is 4.20. The number of nitrogens with one attached hydrogen (secondary N) is 1. The van der Waals surface area contributed by atoms with Crippen LogP contribution in [0.5, 0.6) is 11.5 Å². The van der Waals surface area contributed by atoms with Gasteiger partial charge in [0.1, 0.15) is 6.61 Å². The number of aryl methyl sites for hydroxylation is 1. The fraction of sp³-hybridized carbons (Fsp3) is 0.286. The van der Waals surface area contributed by atoms with Crippen molar-refractivity contribution in [2.45, 2.75) is 26.1 Å². The Balaban J connectivity index is 1.57. The first-order valence-corrected chi connectivity index (χ1v) is 9.33. The van der Waals surface area contributed by atoms with E-state index >= 15 is 0 Å². The van der Waals surface area contributed by atoms with Crippen LogP contribution in [-0.4, -0.2) is 23.2 Å². The van der Waals surface area contributed by atoms with Gasteiger partial charge in [-0.05, 0) is 36.7 Å². The molecule has 0 radical (unpaired) electrons. The van der Waals surface area contributed by atoms with Gasteiger partial charge in [0.2, 0.25) is 0 Å². The van der Waals surface area contributed by atoms with Crippen LogP contribution in [0.2, 0.25) is 5.02 Å². The van der Waals surface area contributed by atoms with Crippen molar-refractivity contribution in [1.29, 1.82) is 0 Å². The summed E-state index contributed by atoms with van der Waals surface area (Å²) in [7, 11) is 1.66. The largest absolute Gasteiger partial charge is 0.493 e. The van der Waals surface area contributed by atoms with Crippen LogP contribution in [-0.2, 0) is 19.7 Å². The van der Waals surface area contributed by atoms with Crippen LogP contribution in [0, 0.1) is 0 Å². The second kappa shape index (κ2) is 10.00. The number of hydrogen-bond donors (Lipinski definition) is 1. The maximum absolute atomic E-state index is 6.08. The van der Waals surface area contributed by atoms with Gasteiger partial charge in [0.05, 0.1) is 13.4 Å². The van der Waals surface area contributed by atoms with Crippen molar-refractivity contribution < 1.29 is 9.47 Å². The second-order valence-electron chi connectivity index (χ2n) is 6.20. The van der Waals surface area contributed by atoms with Gasteiger partial charge in [-0.1, -0.05) is 35.9 Å². The predicted molar refractivity (Wildman–Crippen MR) is 107 cm³/mol. The highest BCUT2D eigenvalue weighted by Gasteiger charge is 2.11. The monoisotopic (exact) mass is 385 g/mol. The Morgan fingerprint density at radius 2 is 2.07 bits per heavy atom. The highest BCUT2D eigenvalue weighted by Crippen LogP contribution is 2.32. The fourth-order valence-corrected chi connectivity index (χ4v) is 3.05. The molecule has 1 aromatic heterocycles. The number of ether oxygens (including phenoxy) is 2. The van der Waals surface area contributed by atoms with E-state index in [9.17, 15) is 0 Å². The Bertz CT molecular complexity index is 837. The molecule has 3 rings (SSSR count). The number of nitrogens with zero attached hydrogens (tertiary/aromatic N) is 2. The topological polar surface area (TPSA) is 48.3 Å². The summed E-state index contributed by atoms with van der Waals surface area (Å²) < 4.78 is 13.6. The molecule has 0 atom stereocenters. The van der Waals surface area contributed by atoms with Gasteiger partial charge in [0, 0.05) is 36.1 Å². The SMILES string of the molecule is COc1cccc(CNCCCn2ccnc2)c1OCc1cccc(Cl)c1. The molecule has 2 aromatic carbocycles. The third kappa shape index (κ3) is 5.74. The number of hydrogen-bond acceptors (Lipinski definition) is 4. The summed E-state index contributed by atoms with van der Waals surface area (Å²) >= 11 is 6.06. The van der Waals surface area contributed by atoms with E-state index in [1.165, 1.54) is 0 Å². The van der Waals surface area contributed by atoms with Crippen molar-refractivity contribution in [3.05, 3.63) is 77.3 Å². The lowest BCUT2D eigenvalue weighted by Crippen LogP contribution is -2.17. The van der Waals surface area contributed by atoms with Crippen molar-refractivity contribution in [2.75, 3.05) is 13.7 Å². The lowest BCUT2D eigenvalue weighted by molar-refractivity contribution is 0.280. The third-order valence-corrected chi connectivity index (χ3v) is 4.43. The Hall–Kier alpha value is -2.50. The number of methoxy groups -OCH3 is 1. The first kappa shape index (κ1) is 19.3. The van der Waals surface area contributed by atoms with Gasteiger partial charge in [-0.3, -0.25) is 0 Å². The normalized spacial score (nSPS) is 10.7. The summed E-state index contributed by atoms with van der Waals surface area (Å²) in [4.78, 5) is 4.05. The van der Waals surface area contributed by atoms with Gasteiger partial charge >= 0.3 is 0 Å². The van der Waals surface area contributed by atoms with Gasteiger partial charge in [-0.2, -0.15) is 0 Å². The molecule has 0 aliphatic rings. The number of imidazole rings is 1. The number of halogens is 1. The van der Waals surface area contributed by atoms with E-state index in [1.807, 2.05) is 48.9 Å². The molecule has 0 amide bonds. The Kier molecular flexibility index (Phi) is 7.13. The zero-order valence-corrected chi connectivity index (χ0v) is 16.2. The Morgan fingerprint density at radius 1 is 1.19 bits per heavy atom. The molecule has 0 bridgehead atoms. The molecule has 1 N–H and O–H groups in total. The van der Waals surface area contributed by atoms with Crippen molar-refractivity contribution in [1.82, 2.24) is 14.9 Å². The molecule has 3 aromatic rings. The fourth-order valence-electron chi connectivity index (χ4n) is 2.84. The van der Waals surface area contributed by atoms with Crippen LogP contribution < -0.4 is 14.8 Å². The summed E-state index contributed by atoms with van der Waals surface area (Å²) in [5, 5.41) is 4.18. The van der Waals surface area contributed by atoms with Crippen LogP contribution in [0.1, 0.15) is 17.5 Å². The van der Waals surface area contributed by atoms with E-state index < -0.39 is 0 Å². The predicted octanol–water partition coefficient (Wildman–Crippen LogP) is 4.30. The first-order chi connectivity index (χ1) is 13.3. The maximum Gasteiger partial charge on any atom is 0.166 e. The van der Waals surface area contributed by atoms with Crippen LogP contribution in [0.3, 0.4) is 0 Å². The molecule has 0 fully saturated rings. The van der Waals surface area contributed by atoms with Crippen molar-refractivity contribution >= 4 is 11.6 Å². The van der Waals surface area contributed by atoms with Crippen LogP contribution in [0.25, 0.3) is 0 Å². The summed E-state index contributed by atoms with van der Waals surface area (Å²) in [5.41, 5.74) is 2.09. The van der Waals surface area contributed by atoms with E-state index in [4.69, 9.17) is 21.1 Å². The van der Waals surface area contributed by atoms with Crippen LogP contribution >= 0.6 is 11.6 Å². The highest BCUT2D eigenvalue weighted by atomic mass is 35.5. The molecular formula is C21H24ClN3O2. The second-order valence-corrected chi connectivity index (χ2v) is 6.63. The average molecular weight is 386 g/mol. The molecule has 0 aliphatic heterocycles. The molecule has 0 unspecified atom stereocenters. The van der Waals surface area contributed by atoms with Gasteiger partial charge in [0.25, 0.3) is 0 Å². The lowest BCUT2D eigenvalue weighted by Gasteiger charge is -2.16. The number of rotatable bonds is 10. The minimum Gasteiger partial charge on any atom is -0.493 e. The zero-order chi connectivity index (χ0) is 18.9. The molecule has 27 heavy (non-hydrogen) atoms. The molecule has 6 heteroatoms. The van der Waals surface area contributed by atoms with E-state index in [2.05, 4.69) is 20.9 Å². The van der Waals surface area contributed by atoms with Gasteiger partial charge in [-0.25, -0.2) is 4.98 Å². The molecule has 0 spiro atoms. The van der Waals surface area contributed by atoms with E-state index in [0.29, 0.717) is 18.2 Å². The van der Waals surface area contributed by atoms with Gasteiger partial charge in [-0.15, -0.1) is 0 Å². The van der Waals surface area contributed by atoms with Crippen LogP contribution in [0.15, 0.2) is 61.2 Å². The average Bonchev–Trinajstić information content (AvgIpc) is 3.20. The molecule has 0 saturated heterocycles. The highest BCUT2D eigenvalue weighted by molar-refractivity contribution is 6.30. The van der Waals surface area contributed by atoms with Gasteiger partial charge < -0.3 is 19.4 Å². The lowest BCUT2D eigenvalue weighted by atomic mass is 10.1. The minimum absolute atomic E-state index is 0.439. The molecular weight excluding hydrogens is 362 g/mol. The van der Waals surface area contributed by atoms with Crippen LogP contribution in [0.4, 0.5) is 0 Å². The summed E-state index contributed by atoms with van der Waals surface area (Å²) in [6.07, 6.45) is 6.64. The number of benzene rings is 2. The molecule has 1 heterocycles. The minimum atomic E-state index is 0.439. The number of para-hydroxylation sites is 1. The van der Waals surface area contributed by atoms with E-state index in [0.717, 1.165) is 42.1 Å². The van der Waals surface area contributed by atoms with Crippen molar-refractivity contribution in [3.8, 4) is 11.5 Å². The van der Waals surface area contributed by atoms with Crippen molar-refractivity contribution in [3.63, 3.8) is 0 Å². The van der Waals surface area contributed by atoms with Crippen molar-refractivity contribution in [2.24, 2.45) is 0 Å². The zero-order valence-electron chi connectivity index (χ0n) is 15.4. The van der Waals surface area contributed by atoms with E-state index in [1.54, 1.807) is 13.3 Å². The maximum atomic E-state index is 6.08. The number of aromatic nitrogens is 2. The Morgan fingerprint density at radius 3 is 2.85 bits per heavy atom. The molecule has 142 valence electrons. The summed E-state index contributed by atoms with van der Waals surface area (Å²) in [6, 6.07) is 13.6. The first-order valence-electron chi connectivity index (χ1n) is 8.96. The van der Waals surface area contributed by atoms with E-state index in [-0.39, 0.29) is 0 Å². The van der Waals surface area contributed by atoms with Gasteiger partial charge in [0.15, 0.2) is 11.5 Å². The molecule has 0 aliphatic carbocycles. The Labute approximate surface area is 164 Å². The quantitative estimate of drug-likeness (QED) is 0.528.